The predicted molar refractivity (Wildman–Crippen MR) is 151 cm³/mol. The minimum absolute atomic E-state index is 0.442. The third kappa shape index (κ3) is 5.81. The first-order valence-corrected chi connectivity index (χ1v) is 13.0. The van der Waals surface area contributed by atoms with Crippen LogP contribution in [0.3, 0.4) is 0 Å². The fourth-order valence-corrected chi connectivity index (χ4v) is 5.14. The number of hydrogen-bond acceptors (Lipinski definition) is 4. The van der Waals surface area contributed by atoms with Gasteiger partial charge in [0.05, 0.1) is 7.11 Å². The van der Waals surface area contributed by atoms with Gasteiger partial charge in [-0.25, -0.2) is 4.98 Å². The van der Waals surface area contributed by atoms with Gasteiger partial charge in [0.1, 0.15) is 5.60 Å². The summed E-state index contributed by atoms with van der Waals surface area (Å²) < 4.78 is 6.69. The van der Waals surface area contributed by atoms with Crippen LogP contribution in [0.5, 0.6) is 5.88 Å². The molecule has 0 aliphatic heterocycles. The van der Waals surface area contributed by atoms with Crippen LogP contribution >= 0.6 is 27.5 Å². The lowest BCUT2D eigenvalue weighted by Crippen LogP contribution is -2.37. The Hall–Kier alpha value is -2.70. The first kappa shape index (κ1) is 26.4. The van der Waals surface area contributed by atoms with Crippen LogP contribution in [0.25, 0.3) is 11.1 Å². The van der Waals surface area contributed by atoms with Gasteiger partial charge in [0.15, 0.2) is 0 Å². The molecule has 6 heteroatoms. The number of ether oxygens (including phenoxy) is 1. The average molecular weight is 566 g/mol. The Kier molecular flexibility index (Phi) is 8.47. The second kappa shape index (κ2) is 11.6. The topological polar surface area (TPSA) is 45.6 Å². The van der Waals surface area contributed by atoms with Crippen LogP contribution in [0.15, 0.2) is 95.6 Å². The molecule has 2 unspecified atom stereocenters. The Labute approximate surface area is 226 Å². The monoisotopic (exact) mass is 564 g/mol. The molecular weight excluding hydrogens is 536 g/mol. The number of aromatic nitrogens is 1. The van der Waals surface area contributed by atoms with Crippen molar-refractivity contribution in [1.82, 2.24) is 9.88 Å². The summed E-state index contributed by atoms with van der Waals surface area (Å²) >= 11 is 9.74. The van der Waals surface area contributed by atoms with Gasteiger partial charge >= 0.3 is 0 Å². The molecule has 4 rings (SSSR count). The van der Waals surface area contributed by atoms with Gasteiger partial charge in [-0.15, -0.1) is 0 Å². The van der Waals surface area contributed by atoms with Crippen LogP contribution < -0.4 is 4.74 Å². The van der Waals surface area contributed by atoms with E-state index in [9.17, 15) is 5.11 Å². The zero-order chi connectivity index (χ0) is 25.7. The molecular formula is C30H30BrClN2O2. The Morgan fingerprint density at radius 3 is 2.33 bits per heavy atom. The molecule has 0 aliphatic carbocycles. The van der Waals surface area contributed by atoms with E-state index in [1.54, 1.807) is 13.3 Å². The highest BCUT2D eigenvalue weighted by Gasteiger charge is 2.42. The summed E-state index contributed by atoms with van der Waals surface area (Å²) in [6, 6.07) is 27.7. The molecule has 1 N–H and O–H groups in total. The van der Waals surface area contributed by atoms with Crippen molar-refractivity contribution < 1.29 is 9.84 Å². The van der Waals surface area contributed by atoms with Crippen molar-refractivity contribution in [3.63, 3.8) is 0 Å². The van der Waals surface area contributed by atoms with E-state index >= 15 is 0 Å². The normalized spacial score (nSPS) is 13.9. The number of rotatable bonds is 9. The number of methoxy groups -OCH3 is 1. The Morgan fingerprint density at radius 1 is 0.972 bits per heavy atom. The van der Waals surface area contributed by atoms with Gasteiger partial charge in [-0.05, 0) is 67.5 Å². The van der Waals surface area contributed by atoms with Crippen molar-refractivity contribution in [2.24, 2.45) is 0 Å². The number of nitrogens with zero attached hydrogens (tertiary/aromatic N) is 2. The van der Waals surface area contributed by atoms with Crippen molar-refractivity contribution in [2.45, 2.75) is 17.9 Å². The lowest BCUT2D eigenvalue weighted by molar-refractivity contribution is 0.00372. The van der Waals surface area contributed by atoms with Crippen LogP contribution in [-0.4, -0.2) is 42.7 Å². The van der Waals surface area contributed by atoms with Gasteiger partial charge in [-0.2, -0.15) is 0 Å². The first-order chi connectivity index (χ1) is 17.3. The molecule has 0 saturated heterocycles. The lowest BCUT2D eigenvalue weighted by Gasteiger charge is -2.39. The summed E-state index contributed by atoms with van der Waals surface area (Å²) in [5.74, 6) is 0.0440. The van der Waals surface area contributed by atoms with Gasteiger partial charge in [0.2, 0.25) is 5.88 Å². The summed E-state index contributed by atoms with van der Waals surface area (Å²) in [7, 11) is 5.65. The van der Waals surface area contributed by atoms with E-state index in [0.29, 0.717) is 23.9 Å². The second-order valence-electron chi connectivity index (χ2n) is 9.16. The fourth-order valence-electron chi connectivity index (χ4n) is 4.61. The summed E-state index contributed by atoms with van der Waals surface area (Å²) in [6.07, 6.45) is 2.30. The molecule has 0 bridgehead atoms. The third-order valence-electron chi connectivity index (χ3n) is 6.44. The summed E-state index contributed by atoms with van der Waals surface area (Å²) in [6.45, 7) is 0.693. The van der Waals surface area contributed by atoms with Gasteiger partial charge in [-0.3, -0.25) is 0 Å². The van der Waals surface area contributed by atoms with Crippen LogP contribution in [0.2, 0.25) is 5.02 Å². The van der Waals surface area contributed by atoms with E-state index in [1.165, 1.54) is 0 Å². The molecule has 0 saturated carbocycles. The van der Waals surface area contributed by atoms with Crippen molar-refractivity contribution in [3.8, 4) is 17.0 Å². The zero-order valence-corrected chi connectivity index (χ0v) is 23.0. The highest BCUT2D eigenvalue weighted by molar-refractivity contribution is 9.10. The molecule has 4 aromatic rings. The van der Waals surface area contributed by atoms with Gasteiger partial charge < -0.3 is 14.7 Å². The molecule has 36 heavy (non-hydrogen) atoms. The molecule has 0 fully saturated rings. The van der Waals surface area contributed by atoms with E-state index in [1.807, 2.05) is 80.8 Å². The number of aliphatic hydroxyl groups is 1. The minimum Gasteiger partial charge on any atom is -0.481 e. The van der Waals surface area contributed by atoms with Crippen molar-refractivity contribution in [1.29, 1.82) is 0 Å². The fraction of sp³-hybridized carbons (Fsp3) is 0.233. The number of hydrogen-bond donors (Lipinski definition) is 1. The molecule has 3 aromatic carbocycles. The first-order valence-electron chi connectivity index (χ1n) is 11.8. The summed E-state index contributed by atoms with van der Waals surface area (Å²) in [5.41, 5.74) is 3.29. The smallest absolute Gasteiger partial charge is 0.217 e. The van der Waals surface area contributed by atoms with Crippen molar-refractivity contribution >= 4 is 27.5 Å². The average Bonchev–Trinajstić information content (AvgIpc) is 2.88. The largest absolute Gasteiger partial charge is 0.481 e. The Morgan fingerprint density at radius 2 is 1.69 bits per heavy atom. The third-order valence-corrected chi connectivity index (χ3v) is 7.18. The van der Waals surface area contributed by atoms with Crippen LogP contribution in [0.1, 0.15) is 29.0 Å². The molecule has 2 atom stereocenters. The van der Waals surface area contributed by atoms with Crippen LogP contribution in [-0.2, 0) is 5.60 Å². The highest BCUT2D eigenvalue weighted by Crippen LogP contribution is 2.47. The molecule has 0 aliphatic rings. The van der Waals surface area contributed by atoms with Gasteiger partial charge in [-0.1, -0.05) is 82.1 Å². The second-order valence-corrected chi connectivity index (χ2v) is 10.5. The van der Waals surface area contributed by atoms with Crippen LogP contribution in [0, 0.1) is 0 Å². The van der Waals surface area contributed by atoms with E-state index in [-0.39, 0.29) is 0 Å². The molecule has 0 radical (unpaired) electrons. The molecule has 1 aromatic heterocycles. The number of pyridine rings is 1. The molecule has 0 spiro atoms. The van der Waals surface area contributed by atoms with Gasteiger partial charge in [0.25, 0.3) is 0 Å². The van der Waals surface area contributed by atoms with E-state index in [4.69, 9.17) is 16.3 Å². The highest BCUT2D eigenvalue weighted by atomic mass is 79.9. The molecule has 186 valence electrons. The quantitative estimate of drug-likeness (QED) is 0.234. The molecule has 1 heterocycles. The van der Waals surface area contributed by atoms with E-state index < -0.39 is 11.5 Å². The van der Waals surface area contributed by atoms with Crippen molar-refractivity contribution in [3.05, 3.63) is 117 Å². The standard InChI is InChI=1S/C30H30BrClN2O2/c1-34(2)17-16-30(35,24-10-7-11-25(31)19-24)28(22-8-5-4-6-9-22)27-18-23(20-33-29(27)36-3)21-12-14-26(32)15-13-21/h4-15,18-20,28,35H,16-17H2,1-3H3. The summed E-state index contributed by atoms with van der Waals surface area (Å²) in [5, 5.41) is 13.4. The van der Waals surface area contributed by atoms with Crippen molar-refractivity contribution in [2.75, 3.05) is 27.7 Å². The van der Waals surface area contributed by atoms with E-state index in [0.717, 1.165) is 32.3 Å². The van der Waals surface area contributed by atoms with E-state index in [2.05, 4.69) is 44.0 Å². The summed E-state index contributed by atoms with van der Waals surface area (Å²) in [4.78, 5) is 6.76. The Balaban J connectivity index is 1.97. The number of benzene rings is 3. The lowest BCUT2D eigenvalue weighted by atomic mass is 9.71. The maximum absolute atomic E-state index is 12.7. The minimum atomic E-state index is -1.25. The van der Waals surface area contributed by atoms with Crippen LogP contribution in [0.4, 0.5) is 0 Å². The molecule has 0 amide bonds. The predicted octanol–water partition coefficient (Wildman–Crippen LogP) is 7.14. The number of halogens is 2. The SMILES string of the molecule is COc1ncc(-c2ccc(Cl)cc2)cc1C(c1ccccc1)C(O)(CCN(C)C)c1cccc(Br)c1. The maximum atomic E-state index is 12.7. The maximum Gasteiger partial charge on any atom is 0.217 e. The Bertz CT molecular complexity index is 1300. The zero-order valence-electron chi connectivity index (χ0n) is 20.7. The van der Waals surface area contributed by atoms with Gasteiger partial charge in [0, 0.05) is 39.3 Å². The molecule has 4 nitrogen and oxygen atoms in total.